The summed E-state index contributed by atoms with van der Waals surface area (Å²) in [6.45, 7) is 11.8. The van der Waals surface area contributed by atoms with Gasteiger partial charge in [0.05, 0.1) is 0 Å². The zero-order chi connectivity index (χ0) is 10.8. The fourth-order valence-corrected chi connectivity index (χ4v) is 5.15. The van der Waals surface area contributed by atoms with Gasteiger partial charge in [-0.05, 0) is 60.7 Å². The summed E-state index contributed by atoms with van der Waals surface area (Å²) in [5.74, 6) is 2.97. The minimum atomic E-state index is 0.526. The van der Waals surface area contributed by atoms with Gasteiger partial charge in [0, 0.05) is 0 Å². The van der Waals surface area contributed by atoms with Gasteiger partial charge in [0.2, 0.25) is 0 Å². The molecule has 0 nitrogen and oxygen atoms in total. The van der Waals surface area contributed by atoms with E-state index in [1.807, 2.05) is 0 Å². The summed E-state index contributed by atoms with van der Waals surface area (Å²) in [5.41, 5.74) is 2.71. The Morgan fingerprint density at radius 2 is 1.93 bits per heavy atom. The summed E-state index contributed by atoms with van der Waals surface area (Å²) in [6, 6.07) is 0. The van der Waals surface area contributed by atoms with E-state index in [4.69, 9.17) is 0 Å². The molecule has 0 aromatic carbocycles. The van der Waals surface area contributed by atoms with E-state index in [-0.39, 0.29) is 0 Å². The first-order valence-corrected chi connectivity index (χ1v) is 6.62. The van der Waals surface area contributed by atoms with Crippen LogP contribution in [-0.4, -0.2) is 0 Å². The van der Waals surface area contributed by atoms with Gasteiger partial charge < -0.3 is 0 Å². The molecule has 3 fully saturated rings. The molecule has 0 spiro atoms. The number of fused-ring (bicyclic) bond motifs is 3. The van der Waals surface area contributed by atoms with Crippen LogP contribution in [0, 0.1) is 28.6 Å². The lowest BCUT2D eigenvalue weighted by Crippen LogP contribution is -2.27. The molecule has 2 unspecified atom stereocenters. The maximum atomic E-state index is 4.38. The minimum absolute atomic E-state index is 0.526. The van der Waals surface area contributed by atoms with Gasteiger partial charge in [-0.1, -0.05) is 32.9 Å². The van der Waals surface area contributed by atoms with Gasteiger partial charge in [-0.25, -0.2) is 0 Å². The summed E-state index contributed by atoms with van der Waals surface area (Å²) >= 11 is 0. The number of hydrogen-bond donors (Lipinski definition) is 0. The van der Waals surface area contributed by atoms with Gasteiger partial charge in [0.1, 0.15) is 0 Å². The second-order valence-corrected chi connectivity index (χ2v) is 7.30. The molecule has 0 aromatic heterocycles. The third-order valence-electron chi connectivity index (χ3n) is 5.92. The Morgan fingerprint density at radius 3 is 2.67 bits per heavy atom. The van der Waals surface area contributed by atoms with E-state index >= 15 is 0 Å². The molecule has 0 N–H and O–H groups in total. The molecular weight excluding hydrogens is 180 g/mol. The van der Waals surface area contributed by atoms with Crippen molar-refractivity contribution >= 4 is 0 Å². The van der Waals surface area contributed by atoms with E-state index in [1.165, 1.54) is 32.1 Å². The van der Waals surface area contributed by atoms with Crippen LogP contribution in [0.4, 0.5) is 0 Å². The van der Waals surface area contributed by atoms with E-state index in [0.29, 0.717) is 10.8 Å². The molecule has 3 aliphatic rings. The van der Waals surface area contributed by atoms with Crippen LogP contribution in [-0.2, 0) is 0 Å². The van der Waals surface area contributed by atoms with Crippen LogP contribution in [0.15, 0.2) is 12.2 Å². The molecule has 0 heteroatoms. The van der Waals surface area contributed by atoms with Crippen molar-refractivity contribution in [3.05, 3.63) is 12.2 Å². The van der Waals surface area contributed by atoms with Crippen LogP contribution < -0.4 is 0 Å². The van der Waals surface area contributed by atoms with Crippen molar-refractivity contribution in [3.63, 3.8) is 0 Å². The smallest absolute Gasteiger partial charge is 0.00595 e. The molecule has 3 saturated carbocycles. The number of hydrogen-bond acceptors (Lipinski definition) is 0. The zero-order valence-electron chi connectivity index (χ0n) is 10.5. The quantitative estimate of drug-likeness (QED) is 0.513. The van der Waals surface area contributed by atoms with Crippen molar-refractivity contribution in [1.29, 1.82) is 0 Å². The third kappa shape index (κ3) is 1.14. The Bertz CT molecular complexity index is 312. The molecule has 0 aliphatic heterocycles. The van der Waals surface area contributed by atoms with E-state index in [2.05, 4.69) is 27.4 Å². The molecule has 4 atom stereocenters. The van der Waals surface area contributed by atoms with Crippen LogP contribution >= 0.6 is 0 Å². The molecule has 0 radical (unpaired) electrons. The lowest BCUT2D eigenvalue weighted by Gasteiger charge is -2.34. The van der Waals surface area contributed by atoms with Crippen LogP contribution in [0.1, 0.15) is 52.9 Å². The molecule has 15 heavy (non-hydrogen) atoms. The summed E-state index contributed by atoms with van der Waals surface area (Å²) in [6.07, 6.45) is 7.16. The Morgan fingerprint density at radius 1 is 1.20 bits per heavy atom. The largest absolute Gasteiger partial charge is 0.0993 e. The monoisotopic (exact) mass is 204 g/mol. The fourth-order valence-electron chi connectivity index (χ4n) is 5.15. The normalized spacial score (nSPS) is 51.9. The number of rotatable bonds is 0. The average Bonchev–Trinajstić information content (AvgIpc) is 2.65. The van der Waals surface area contributed by atoms with Crippen molar-refractivity contribution in [2.45, 2.75) is 52.9 Å². The van der Waals surface area contributed by atoms with Crippen molar-refractivity contribution in [2.24, 2.45) is 28.6 Å². The molecule has 84 valence electrons. The summed E-state index contributed by atoms with van der Waals surface area (Å²) < 4.78 is 0. The molecular formula is C15H24. The molecule has 0 heterocycles. The lowest BCUT2D eigenvalue weighted by molar-refractivity contribution is 0.207. The molecule has 3 aliphatic carbocycles. The second-order valence-electron chi connectivity index (χ2n) is 7.30. The molecule has 0 saturated heterocycles. The van der Waals surface area contributed by atoms with Crippen LogP contribution in [0.5, 0.6) is 0 Å². The Kier molecular flexibility index (Phi) is 1.79. The van der Waals surface area contributed by atoms with E-state index in [0.717, 1.165) is 17.8 Å². The van der Waals surface area contributed by atoms with Gasteiger partial charge in [0.15, 0.2) is 0 Å². The molecule has 3 rings (SSSR count). The predicted octanol–water partition coefficient (Wildman–Crippen LogP) is 4.42. The predicted molar refractivity (Wildman–Crippen MR) is 64.6 cm³/mol. The highest BCUT2D eigenvalue weighted by Gasteiger charge is 2.59. The maximum Gasteiger partial charge on any atom is -0.00595 e. The zero-order valence-corrected chi connectivity index (χ0v) is 10.5. The Balaban J connectivity index is 1.95. The van der Waals surface area contributed by atoms with Gasteiger partial charge in [-0.15, -0.1) is 0 Å². The summed E-state index contributed by atoms with van der Waals surface area (Å²) in [5, 5.41) is 0. The number of allylic oxidation sites excluding steroid dienone is 1. The highest BCUT2D eigenvalue weighted by Crippen LogP contribution is 2.68. The average molecular weight is 204 g/mol. The van der Waals surface area contributed by atoms with Crippen LogP contribution in [0.3, 0.4) is 0 Å². The fraction of sp³-hybridized carbons (Fsp3) is 0.867. The summed E-state index contributed by atoms with van der Waals surface area (Å²) in [7, 11) is 0. The van der Waals surface area contributed by atoms with E-state index in [1.54, 1.807) is 5.57 Å². The standard InChI is InChI=1S/C15H24/c1-10-5-6-12-7-11-8-14(2,3)9-13(11)15(10,12)4/h11-13H,1,5-9H2,2-4H3/t11?,12-,13?,15-/m1/s1. The highest BCUT2D eigenvalue weighted by atomic mass is 14.6. The molecule has 0 amide bonds. The van der Waals surface area contributed by atoms with Crippen LogP contribution in [0.25, 0.3) is 0 Å². The topological polar surface area (TPSA) is 0 Å². The second kappa shape index (κ2) is 2.70. The van der Waals surface area contributed by atoms with Gasteiger partial charge >= 0.3 is 0 Å². The van der Waals surface area contributed by atoms with Gasteiger partial charge in [-0.3, -0.25) is 0 Å². The van der Waals surface area contributed by atoms with Gasteiger partial charge in [-0.2, -0.15) is 0 Å². The van der Waals surface area contributed by atoms with Crippen LogP contribution in [0.2, 0.25) is 0 Å². The first-order valence-electron chi connectivity index (χ1n) is 6.62. The first-order chi connectivity index (χ1) is 6.93. The highest BCUT2D eigenvalue weighted by molar-refractivity contribution is 5.24. The maximum absolute atomic E-state index is 4.38. The van der Waals surface area contributed by atoms with E-state index < -0.39 is 0 Å². The Labute approximate surface area is 94.1 Å². The third-order valence-corrected chi connectivity index (χ3v) is 5.92. The SMILES string of the molecule is C=C1CC[C@@H]2CC3CC(C)(C)CC3[C@]12C. The molecule has 0 bridgehead atoms. The van der Waals surface area contributed by atoms with Gasteiger partial charge in [0.25, 0.3) is 0 Å². The Hall–Kier alpha value is -0.260. The summed E-state index contributed by atoms with van der Waals surface area (Å²) in [4.78, 5) is 0. The van der Waals surface area contributed by atoms with Crippen molar-refractivity contribution in [3.8, 4) is 0 Å². The molecule has 0 aromatic rings. The lowest BCUT2D eigenvalue weighted by atomic mass is 9.70. The van der Waals surface area contributed by atoms with Crippen molar-refractivity contribution in [2.75, 3.05) is 0 Å². The van der Waals surface area contributed by atoms with Crippen molar-refractivity contribution in [1.82, 2.24) is 0 Å². The van der Waals surface area contributed by atoms with Crippen molar-refractivity contribution < 1.29 is 0 Å². The minimum Gasteiger partial charge on any atom is -0.0993 e. The first kappa shape index (κ1) is 9.93. The van der Waals surface area contributed by atoms with E-state index in [9.17, 15) is 0 Å².